The Morgan fingerprint density at radius 1 is 1.45 bits per heavy atom. The first-order valence-corrected chi connectivity index (χ1v) is 4.23. The molecule has 0 N–H and O–H groups in total. The van der Waals surface area contributed by atoms with Gasteiger partial charge in [-0.15, -0.1) is 24.8 Å². The van der Waals surface area contributed by atoms with Crippen LogP contribution in [0.2, 0.25) is 0 Å². The van der Waals surface area contributed by atoms with Gasteiger partial charge in [0.15, 0.2) is 0 Å². The van der Waals surface area contributed by atoms with E-state index in [1.807, 2.05) is 0 Å². The minimum Gasteiger partial charge on any atom is -0.147 e. The standard InChI is InChI=1S/C8H11.2ClH.Ti/c1-2-5-8-6-3-4-7-8;;;/h3,6H,2,4-5H2,1H3;2*1H;. The van der Waals surface area contributed by atoms with Crippen molar-refractivity contribution in [1.82, 2.24) is 0 Å². The van der Waals surface area contributed by atoms with Crippen LogP contribution >= 0.6 is 24.8 Å². The molecule has 0 heterocycles. The molecule has 0 nitrogen and oxygen atoms in total. The maximum absolute atomic E-state index is 2.26. The van der Waals surface area contributed by atoms with Gasteiger partial charge in [0, 0.05) is 0 Å². The van der Waals surface area contributed by atoms with Gasteiger partial charge in [0.25, 0.3) is 0 Å². The Labute approximate surface area is 92.7 Å². The van der Waals surface area contributed by atoms with Gasteiger partial charge >= 0.3 is 68.2 Å². The molecule has 1 aliphatic rings. The quantitative estimate of drug-likeness (QED) is 0.635. The summed E-state index contributed by atoms with van der Waals surface area (Å²) in [5.74, 6) is 0. The maximum atomic E-state index is 2.26. The summed E-state index contributed by atoms with van der Waals surface area (Å²) in [7, 11) is 0. The van der Waals surface area contributed by atoms with Gasteiger partial charge < -0.3 is 0 Å². The third-order valence-electron chi connectivity index (χ3n) is 1.55. The van der Waals surface area contributed by atoms with Crippen LogP contribution in [0.25, 0.3) is 0 Å². The van der Waals surface area contributed by atoms with Crippen molar-refractivity contribution in [3.63, 3.8) is 0 Å². The minimum absolute atomic E-state index is 0. The van der Waals surface area contributed by atoms with Gasteiger partial charge in [0.2, 0.25) is 0 Å². The van der Waals surface area contributed by atoms with Crippen molar-refractivity contribution >= 4 is 24.8 Å². The Morgan fingerprint density at radius 2 is 2.09 bits per heavy atom. The smallest absolute Gasteiger partial charge is 0.147 e. The molecular formula is C8H13Cl2Ti. The van der Waals surface area contributed by atoms with Gasteiger partial charge in [0.1, 0.15) is 0 Å². The van der Waals surface area contributed by atoms with Gasteiger partial charge in [0.05, 0.1) is 0 Å². The van der Waals surface area contributed by atoms with Crippen molar-refractivity contribution < 1.29 is 20.4 Å². The van der Waals surface area contributed by atoms with Crippen LogP contribution in [0.5, 0.6) is 0 Å². The van der Waals surface area contributed by atoms with Crippen molar-refractivity contribution in [2.75, 3.05) is 0 Å². The average molecular weight is 228 g/mol. The second-order valence-corrected chi connectivity index (χ2v) is 3.30. The van der Waals surface area contributed by atoms with E-state index in [2.05, 4.69) is 39.5 Å². The summed E-state index contributed by atoms with van der Waals surface area (Å²) in [4.78, 5) is 0. The van der Waals surface area contributed by atoms with Crippen LogP contribution in [-0.4, -0.2) is 0 Å². The summed E-state index contributed by atoms with van der Waals surface area (Å²) >= 11 is 2.23. The summed E-state index contributed by atoms with van der Waals surface area (Å²) < 4.78 is 1.57. The summed E-state index contributed by atoms with van der Waals surface area (Å²) in [6.45, 7) is 2.23. The van der Waals surface area contributed by atoms with Gasteiger partial charge in [-0.3, -0.25) is 0 Å². The molecule has 0 spiro atoms. The van der Waals surface area contributed by atoms with Crippen molar-refractivity contribution in [2.24, 2.45) is 0 Å². The van der Waals surface area contributed by atoms with E-state index in [0.29, 0.717) is 0 Å². The number of hydrogen-bond donors (Lipinski definition) is 0. The number of allylic oxidation sites excluding steroid dienone is 4. The van der Waals surface area contributed by atoms with Crippen LogP contribution < -0.4 is 0 Å². The minimum atomic E-state index is 0. The fourth-order valence-corrected chi connectivity index (χ4v) is 1.56. The third-order valence-corrected chi connectivity index (χ3v) is 2.37. The predicted octanol–water partition coefficient (Wildman–Crippen LogP) is 3.39. The first kappa shape index (κ1) is 14.3. The van der Waals surface area contributed by atoms with E-state index in [9.17, 15) is 0 Å². The molecule has 11 heavy (non-hydrogen) atoms. The molecule has 1 aliphatic carbocycles. The summed E-state index contributed by atoms with van der Waals surface area (Å²) in [5.41, 5.74) is 1.57. The summed E-state index contributed by atoms with van der Waals surface area (Å²) in [5, 5.41) is 0. The van der Waals surface area contributed by atoms with E-state index in [0.717, 1.165) is 0 Å². The Morgan fingerprint density at radius 3 is 2.45 bits per heavy atom. The zero-order valence-corrected chi connectivity index (χ0v) is 9.79. The second-order valence-electron chi connectivity index (χ2n) is 2.36. The molecule has 0 fully saturated rings. The zero-order chi connectivity index (χ0) is 6.69. The van der Waals surface area contributed by atoms with E-state index in [1.165, 1.54) is 19.3 Å². The summed E-state index contributed by atoms with van der Waals surface area (Å²) in [6.07, 6.45) is 8.24. The molecule has 0 amide bonds. The zero-order valence-electron chi connectivity index (χ0n) is 6.59. The molecule has 0 aliphatic heterocycles. The Bertz CT molecular complexity index is 161. The second kappa shape index (κ2) is 7.42. The van der Waals surface area contributed by atoms with Crippen molar-refractivity contribution in [2.45, 2.75) is 26.2 Å². The van der Waals surface area contributed by atoms with E-state index >= 15 is 0 Å². The third kappa shape index (κ3) is 4.37. The monoisotopic (exact) mass is 227 g/mol. The molecule has 3 heteroatoms. The topological polar surface area (TPSA) is 0 Å². The Kier molecular flexibility index (Phi) is 9.66. The molecule has 63 valence electrons. The molecule has 0 atom stereocenters. The van der Waals surface area contributed by atoms with Crippen LogP contribution in [0.4, 0.5) is 0 Å². The first-order chi connectivity index (χ1) is 4.34. The summed E-state index contributed by atoms with van der Waals surface area (Å²) in [6, 6.07) is 0. The van der Waals surface area contributed by atoms with E-state index in [-0.39, 0.29) is 24.8 Å². The van der Waals surface area contributed by atoms with E-state index in [1.54, 1.807) is 9.45 Å². The van der Waals surface area contributed by atoms with Crippen molar-refractivity contribution in [3.8, 4) is 0 Å². The van der Waals surface area contributed by atoms with Gasteiger partial charge in [-0.25, -0.2) is 0 Å². The predicted molar refractivity (Wildman–Crippen MR) is 50.2 cm³/mol. The molecule has 0 aromatic heterocycles. The van der Waals surface area contributed by atoms with Crippen LogP contribution in [0.15, 0.2) is 21.6 Å². The van der Waals surface area contributed by atoms with E-state index in [4.69, 9.17) is 0 Å². The Balaban J connectivity index is 0. The molecule has 0 saturated heterocycles. The SMILES string of the molecule is CCCC1=[C]([Ti])CC=C1.Cl.Cl. The molecule has 0 radical (unpaired) electrons. The average Bonchev–Trinajstić information content (AvgIpc) is 2.18. The fraction of sp³-hybridized carbons (Fsp3) is 0.500. The Hall–Kier alpha value is 0.774. The maximum Gasteiger partial charge on any atom is -0.147 e. The van der Waals surface area contributed by atoms with Crippen LogP contribution in [0, 0.1) is 0 Å². The van der Waals surface area contributed by atoms with Crippen LogP contribution in [0.3, 0.4) is 0 Å². The fourth-order valence-electron chi connectivity index (χ4n) is 1.05. The first-order valence-electron chi connectivity index (χ1n) is 3.44. The van der Waals surface area contributed by atoms with Crippen molar-refractivity contribution in [1.29, 1.82) is 0 Å². The van der Waals surface area contributed by atoms with Crippen molar-refractivity contribution in [3.05, 3.63) is 21.6 Å². The van der Waals surface area contributed by atoms with Gasteiger partial charge in [-0.1, -0.05) is 0 Å². The number of halogens is 2. The normalized spacial score (nSPS) is 14.2. The number of hydrogen-bond acceptors (Lipinski definition) is 0. The molecule has 0 bridgehead atoms. The van der Waals surface area contributed by atoms with E-state index < -0.39 is 0 Å². The van der Waals surface area contributed by atoms with Crippen LogP contribution in [-0.2, 0) is 20.4 Å². The molecule has 0 saturated carbocycles. The number of rotatable bonds is 2. The molecular weight excluding hydrogens is 215 g/mol. The largest absolute Gasteiger partial charge is 0.147 e. The van der Waals surface area contributed by atoms with Crippen LogP contribution in [0.1, 0.15) is 26.2 Å². The molecule has 0 unspecified atom stereocenters. The van der Waals surface area contributed by atoms with Gasteiger partial charge in [-0.2, -0.15) is 0 Å². The molecule has 0 aromatic carbocycles. The molecule has 0 aromatic rings. The molecule has 1 rings (SSSR count). The van der Waals surface area contributed by atoms with Gasteiger partial charge in [-0.05, 0) is 0 Å².